The normalized spacial score (nSPS) is 22.5. The van der Waals surface area contributed by atoms with Crippen LogP contribution in [-0.2, 0) is 9.59 Å². The Morgan fingerprint density at radius 3 is 2.22 bits per heavy atom. The van der Waals surface area contributed by atoms with Crippen molar-refractivity contribution in [3.63, 3.8) is 0 Å². The summed E-state index contributed by atoms with van der Waals surface area (Å²) in [4.78, 5) is 35.2. The first kappa shape index (κ1) is 15.4. The molecule has 0 atom stereocenters. The predicted molar refractivity (Wildman–Crippen MR) is 61.0 cm³/mol. The molecule has 2 N–H and O–H groups in total. The average molecular weight is 259 g/mol. The monoisotopic (exact) mass is 259 g/mol. The predicted octanol–water partition coefficient (Wildman–Crippen LogP) is -1.75. The minimum atomic E-state index is -1.17. The van der Waals surface area contributed by atoms with Crippen molar-refractivity contribution in [3.05, 3.63) is 11.6 Å². The van der Waals surface area contributed by atoms with Crippen LogP contribution in [0.2, 0.25) is 0 Å². The van der Waals surface area contributed by atoms with E-state index in [0.717, 1.165) is 31.3 Å². The molecule has 1 saturated heterocycles. The van der Waals surface area contributed by atoms with E-state index in [1.807, 2.05) is 6.08 Å². The van der Waals surface area contributed by atoms with Crippen molar-refractivity contribution in [3.8, 4) is 0 Å². The Bertz CT molecular complexity index is 398. The fourth-order valence-electron chi connectivity index (χ4n) is 2.62. The second kappa shape index (κ2) is 5.99. The number of nitrogens with one attached hydrogen (secondary N) is 2. The quantitative estimate of drug-likeness (QED) is 0.351. The van der Waals surface area contributed by atoms with E-state index in [4.69, 9.17) is 0 Å². The Morgan fingerprint density at radius 1 is 1.17 bits per heavy atom. The van der Waals surface area contributed by atoms with Crippen LogP contribution in [0.3, 0.4) is 0 Å². The van der Waals surface area contributed by atoms with E-state index in [1.54, 1.807) is 6.92 Å². The zero-order chi connectivity index (χ0) is 12.5. The fraction of sp³-hybridized carbons (Fsp3) is 0.583. The molecule has 0 unspecified atom stereocenters. The zero-order valence-corrected chi connectivity index (χ0v) is 12.8. The summed E-state index contributed by atoms with van der Waals surface area (Å²) in [6, 6.07) is -0.722. The second-order valence-electron chi connectivity index (χ2n) is 4.47. The molecule has 0 aromatic rings. The molecule has 5 nitrogen and oxygen atoms in total. The van der Waals surface area contributed by atoms with Gasteiger partial charge in [0.05, 0.1) is 0 Å². The van der Waals surface area contributed by atoms with Crippen LogP contribution in [0.25, 0.3) is 0 Å². The molecule has 6 heteroatoms. The molecule has 18 heavy (non-hydrogen) atoms. The van der Waals surface area contributed by atoms with Crippen molar-refractivity contribution in [2.24, 2.45) is 5.41 Å². The van der Waals surface area contributed by atoms with Gasteiger partial charge in [0.25, 0.3) is 0 Å². The van der Waals surface area contributed by atoms with Crippen LogP contribution in [-0.4, -0.2) is 17.8 Å². The van der Waals surface area contributed by atoms with Gasteiger partial charge in [-0.1, -0.05) is 13.0 Å². The first-order chi connectivity index (χ1) is 8.11. The summed E-state index contributed by atoms with van der Waals surface area (Å²) < 4.78 is 0. The Labute approximate surface area is 128 Å². The summed E-state index contributed by atoms with van der Waals surface area (Å²) in [5.74, 6) is -0.969. The summed E-state index contributed by atoms with van der Waals surface area (Å²) >= 11 is 0. The van der Waals surface area contributed by atoms with Gasteiger partial charge in [-0.05, 0) is 37.7 Å². The SMILES string of the molecule is CCC1(C2=CCCCC2)C(=O)NC(=O)NC1=O.[Na+]. The maximum atomic E-state index is 12.0. The van der Waals surface area contributed by atoms with E-state index in [-0.39, 0.29) is 29.6 Å². The van der Waals surface area contributed by atoms with Crippen LogP contribution >= 0.6 is 0 Å². The van der Waals surface area contributed by atoms with Crippen LogP contribution in [0.15, 0.2) is 11.6 Å². The first-order valence-corrected chi connectivity index (χ1v) is 5.97. The maximum absolute atomic E-state index is 12.0. The van der Waals surface area contributed by atoms with Crippen molar-refractivity contribution >= 4 is 17.8 Å². The molecule has 1 heterocycles. The van der Waals surface area contributed by atoms with Crippen LogP contribution in [0.5, 0.6) is 0 Å². The van der Waals surface area contributed by atoms with Crippen LogP contribution < -0.4 is 40.2 Å². The van der Waals surface area contributed by atoms with Gasteiger partial charge in [-0.15, -0.1) is 0 Å². The molecule has 1 aliphatic carbocycles. The van der Waals surface area contributed by atoms with E-state index < -0.39 is 23.3 Å². The van der Waals surface area contributed by atoms with E-state index in [0.29, 0.717) is 6.42 Å². The molecule has 1 aliphatic heterocycles. The first-order valence-electron chi connectivity index (χ1n) is 5.97. The molecular weight excluding hydrogens is 243 g/mol. The molecule has 0 spiro atoms. The van der Waals surface area contributed by atoms with Gasteiger partial charge < -0.3 is 0 Å². The topological polar surface area (TPSA) is 75.3 Å². The van der Waals surface area contributed by atoms with Crippen LogP contribution in [0.4, 0.5) is 4.79 Å². The molecule has 2 rings (SSSR count). The van der Waals surface area contributed by atoms with Crippen molar-refractivity contribution in [2.75, 3.05) is 0 Å². The van der Waals surface area contributed by atoms with Gasteiger partial charge >= 0.3 is 35.6 Å². The third-order valence-corrected chi connectivity index (χ3v) is 3.60. The molecular formula is C12H16N2NaO3+. The van der Waals surface area contributed by atoms with E-state index in [2.05, 4.69) is 10.6 Å². The Morgan fingerprint density at radius 2 is 1.78 bits per heavy atom. The van der Waals surface area contributed by atoms with Crippen molar-refractivity contribution in [2.45, 2.75) is 39.0 Å². The van der Waals surface area contributed by atoms with E-state index in [1.165, 1.54) is 0 Å². The van der Waals surface area contributed by atoms with Crippen molar-refractivity contribution in [1.29, 1.82) is 0 Å². The number of allylic oxidation sites excluding steroid dienone is 1. The number of urea groups is 1. The fourth-order valence-corrected chi connectivity index (χ4v) is 2.62. The van der Waals surface area contributed by atoms with Gasteiger partial charge in [-0.2, -0.15) is 0 Å². The molecule has 1 fully saturated rings. The summed E-state index contributed by atoms with van der Waals surface area (Å²) in [5, 5.41) is 4.40. The van der Waals surface area contributed by atoms with E-state index in [9.17, 15) is 14.4 Å². The number of carbonyl (C=O) groups excluding carboxylic acids is 3. The summed E-state index contributed by atoms with van der Waals surface area (Å²) in [6.07, 6.45) is 6.08. The van der Waals surface area contributed by atoms with Gasteiger partial charge in [-0.3, -0.25) is 20.2 Å². The van der Waals surface area contributed by atoms with Crippen LogP contribution in [0.1, 0.15) is 39.0 Å². The molecule has 2 aliphatic rings. The third-order valence-electron chi connectivity index (χ3n) is 3.60. The zero-order valence-electron chi connectivity index (χ0n) is 10.8. The Kier molecular flexibility index (Phi) is 5.13. The summed E-state index contributed by atoms with van der Waals surface area (Å²) in [6.45, 7) is 1.80. The number of rotatable bonds is 2. The smallest absolute Gasteiger partial charge is 0.277 e. The number of hydrogen-bond acceptors (Lipinski definition) is 3. The van der Waals surface area contributed by atoms with Crippen molar-refractivity contribution < 1.29 is 43.9 Å². The number of imide groups is 2. The molecule has 0 radical (unpaired) electrons. The second-order valence-corrected chi connectivity index (χ2v) is 4.47. The Balaban J connectivity index is 0.00000162. The minimum Gasteiger partial charge on any atom is -0.277 e. The molecule has 0 aromatic carbocycles. The molecule has 0 aromatic heterocycles. The molecule has 4 amide bonds. The van der Waals surface area contributed by atoms with Gasteiger partial charge in [0.2, 0.25) is 11.8 Å². The van der Waals surface area contributed by atoms with Gasteiger partial charge in [0, 0.05) is 0 Å². The van der Waals surface area contributed by atoms with Gasteiger partial charge in [-0.25, -0.2) is 4.79 Å². The number of carbonyl (C=O) groups is 3. The van der Waals surface area contributed by atoms with Gasteiger partial charge in [0.1, 0.15) is 5.41 Å². The Hall–Kier alpha value is -0.650. The average Bonchev–Trinajstić information content (AvgIpc) is 2.30. The molecule has 92 valence electrons. The largest absolute Gasteiger partial charge is 1.00 e. The minimum absolute atomic E-state index is 0. The third kappa shape index (κ3) is 2.39. The number of hydrogen-bond donors (Lipinski definition) is 2. The maximum Gasteiger partial charge on any atom is 1.00 e. The number of amides is 4. The van der Waals surface area contributed by atoms with Gasteiger partial charge in [0.15, 0.2) is 0 Å². The van der Waals surface area contributed by atoms with E-state index >= 15 is 0 Å². The number of barbiturate groups is 1. The molecule has 0 saturated carbocycles. The standard InChI is InChI=1S/C12H16N2O3.Na/c1-2-12(8-6-4-3-5-7-8)9(15)13-11(17)14-10(12)16;/h6H,2-5,7H2,1H3,(H2,13,14,15,16,17);/q;+1. The summed E-state index contributed by atoms with van der Waals surface area (Å²) in [7, 11) is 0. The van der Waals surface area contributed by atoms with Crippen molar-refractivity contribution in [1.82, 2.24) is 10.6 Å². The van der Waals surface area contributed by atoms with Crippen LogP contribution in [0, 0.1) is 5.41 Å². The summed E-state index contributed by atoms with van der Waals surface area (Å²) in [5.41, 5.74) is -0.317. The molecule has 0 bridgehead atoms.